The van der Waals surface area contributed by atoms with E-state index in [0.717, 1.165) is 6.42 Å². The van der Waals surface area contributed by atoms with Gasteiger partial charge in [0.25, 0.3) is 0 Å². The summed E-state index contributed by atoms with van der Waals surface area (Å²) in [5, 5.41) is 9.83. The largest absolute Gasteiger partial charge is 0.492 e. The van der Waals surface area contributed by atoms with Crippen LogP contribution in [0.2, 0.25) is 10.0 Å². The van der Waals surface area contributed by atoms with E-state index in [0.29, 0.717) is 41.8 Å². The molecule has 1 amide bonds. The van der Waals surface area contributed by atoms with Crippen LogP contribution in [-0.4, -0.2) is 41.1 Å². The fraction of sp³-hybridized carbons (Fsp3) is 0.467. The molecule has 1 heterocycles. The number of ether oxygens (including phenoxy) is 1. The molecule has 0 radical (unpaired) electrons. The minimum atomic E-state index is -0.937. The summed E-state index contributed by atoms with van der Waals surface area (Å²) in [6.07, 6.45) is 2.00. The van der Waals surface area contributed by atoms with Crippen LogP contribution in [-0.2, 0) is 9.59 Å². The zero-order chi connectivity index (χ0) is 16.1. The number of nitrogens with zero attached hydrogens (tertiary/aromatic N) is 1. The van der Waals surface area contributed by atoms with Gasteiger partial charge in [0.1, 0.15) is 16.8 Å². The molecule has 1 atom stereocenters. The van der Waals surface area contributed by atoms with E-state index in [1.807, 2.05) is 0 Å². The van der Waals surface area contributed by atoms with Gasteiger partial charge in [-0.15, -0.1) is 0 Å². The summed E-state index contributed by atoms with van der Waals surface area (Å²) in [6.45, 7) is 0.828. The van der Waals surface area contributed by atoms with Gasteiger partial charge >= 0.3 is 5.97 Å². The van der Waals surface area contributed by atoms with E-state index < -0.39 is 12.0 Å². The second-order valence-corrected chi connectivity index (χ2v) is 5.87. The molecule has 0 saturated carbocycles. The third-order valence-corrected chi connectivity index (χ3v) is 4.37. The molecular weight excluding hydrogens is 329 g/mol. The highest BCUT2D eigenvalue weighted by Gasteiger charge is 2.33. The van der Waals surface area contributed by atoms with Crippen molar-refractivity contribution in [3.63, 3.8) is 0 Å². The van der Waals surface area contributed by atoms with Gasteiger partial charge in [-0.1, -0.05) is 29.3 Å². The SMILES string of the molecule is O=C(O)[C@@H]1CCCN1C(=O)CCCOc1cccc(Cl)c1Cl. The third-order valence-electron chi connectivity index (χ3n) is 3.57. The second kappa shape index (κ2) is 7.70. The molecule has 7 heteroatoms. The number of carbonyl (C=O) groups is 2. The van der Waals surface area contributed by atoms with Gasteiger partial charge in [0, 0.05) is 13.0 Å². The Balaban J connectivity index is 1.78. The molecular formula is C15H17Cl2NO4. The molecule has 2 rings (SSSR count). The molecule has 5 nitrogen and oxygen atoms in total. The average molecular weight is 346 g/mol. The van der Waals surface area contributed by atoms with Crippen molar-refractivity contribution in [1.29, 1.82) is 0 Å². The van der Waals surface area contributed by atoms with Crippen LogP contribution in [0.4, 0.5) is 0 Å². The lowest BCUT2D eigenvalue weighted by Crippen LogP contribution is -2.40. The zero-order valence-corrected chi connectivity index (χ0v) is 13.4. The van der Waals surface area contributed by atoms with Gasteiger partial charge in [-0.25, -0.2) is 4.79 Å². The Morgan fingerprint density at radius 2 is 2.14 bits per heavy atom. The van der Waals surface area contributed by atoms with Crippen molar-refractivity contribution in [2.75, 3.05) is 13.2 Å². The van der Waals surface area contributed by atoms with E-state index in [-0.39, 0.29) is 12.3 Å². The molecule has 1 aromatic rings. The highest BCUT2D eigenvalue weighted by atomic mass is 35.5. The van der Waals surface area contributed by atoms with Crippen LogP contribution in [0.3, 0.4) is 0 Å². The number of carboxylic acids is 1. The molecule has 0 aliphatic carbocycles. The molecule has 1 fully saturated rings. The minimum Gasteiger partial charge on any atom is -0.492 e. The summed E-state index contributed by atoms with van der Waals surface area (Å²) < 4.78 is 5.50. The number of rotatable bonds is 6. The van der Waals surface area contributed by atoms with Gasteiger partial charge < -0.3 is 14.7 Å². The van der Waals surface area contributed by atoms with Crippen molar-refractivity contribution < 1.29 is 19.4 Å². The lowest BCUT2D eigenvalue weighted by molar-refractivity contribution is -0.148. The first-order valence-electron chi connectivity index (χ1n) is 7.10. The van der Waals surface area contributed by atoms with E-state index in [1.165, 1.54) is 4.90 Å². The lowest BCUT2D eigenvalue weighted by Gasteiger charge is -2.21. The molecule has 1 aliphatic heterocycles. The number of hydrogen-bond acceptors (Lipinski definition) is 3. The van der Waals surface area contributed by atoms with Gasteiger partial charge in [0.2, 0.25) is 5.91 Å². The average Bonchev–Trinajstić information content (AvgIpc) is 2.97. The van der Waals surface area contributed by atoms with E-state index >= 15 is 0 Å². The standard InChI is InChI=1S/C15H17Cl2NO4/c16-10-4-1-6-12(14(10)17)22-9-3-7-13(19)18-8-2-5-11(18)15(20)21/h1,4,6,11H,2-3,5,7-9H2,(H,20,21)/t11-/m0/s1. The van der Waals surface area contributed by atoms with Crippen molar-refractivity contribution >= 4 is 35.1 Å². The Morgan fingerprint density at radius 1 is 1.36 bits per heavy atom. The van der Waals surface area contributed by atoms with Gasteiger partial charge in [-0.3, -0.25) is 4.79 Å². The molecule has 120 valence electrons. The van der Waals surface area contributed by atoms with Gasteiger partial charge in [-0.05, 0) is 31.4 Å². The van der Waals surface area contributed by atoms with Crippen LogP contribution >= 0.6 is 23.2 Å². The first-order valence-corrected chi connectivity index (χ1v) is 7.85. The summed E-state index contributed by atoms with van der Waals surface area (Å²) in [5.41, 5.74) is 0. The Bertz CT molecular complexity index is 564. The predicted octanol–water partition coefficient (Wildman–Crippen LogP) is 3.23. The van der Waals surface area contributed by atoms with Crippen LogP contribution < -0.4 is 4.74 Å². The first kappa shape index (κ1) is 16.9. The number of carboxylic acid groups (broad SMARTS) is 1. The van der Waals surface area contributed by atoms with E-state index in [1.54, 1.807) is 18.2 Å². The predicted molar refractivity (Wildman–Crippen MR) is 83.6 cm³/mol. The molecule has 1 aliphatic rings. The maximum atomic E-state index is 12.1. The Morgan fingerprint density at radius 3 is 2.86 bits per heavy atom. The van der Waals surface area contributed by atoms with E-state index in [9.17, 15) is 9.59 Å². The smallest absolute Gasteiger partial charge is 0.326 e. The molecule has 1 aromatic carbocycles. The molecule has 0 unspecified atom stereocenters. The van der Waals surface area contributed by atoms with Crippen LogP contribution in [0, 0.1) is 0 Å². The molecule has 0 spiro atoms. The van der Waals surface area contributed by atoms with Crippen LogP contribution in [0.25, 0.3) is 0 Å². The van der Waals surface area contributed by atoms with Crippen LogP contribution in [0.5, 0.6) is 5.75 Å². The minimum absolute atomic E-state index is 0.148. The maximum Gasteiger partial charge on any atom is 0.326 e. The summed E-state index contributed by atoms with van der Waals surface area (Å²) in [4.78, 5) is 24.5. The monoisotopic (exact) mass is 345 g/mol. The number of likely N-dealkylation sites (tertiary alicyclic amines) is 1. The summed E-state index contributed by atoms with van der Waals surface area (Å²) in [5.74, 6) is -0.607. The van der Waals surface area contributed by atoms with Crippen molar-refractivity contribution in [2.45, 2.75) is 31.7 Å². The topological polar surface area (TPSA) is 66.8 Å². The number of amides is 1. The quantitative estimate of drug-likeness (QED) is 0.803. The molecule has 1 N–H and O–H groups in total. The second-order valence-electron chi connectivity index (χ2n) is 5.09. The molecule has 1 saturated heterocycles. The number of aliphatic carboxylic acids is 1. The molecule has 22 heavy (non-hydrogen) atoms. The first-order chi connectivity index (χ1) is 10.5. The maximum absolute atomic E-state index is 12.1. The van der Waals surface area contributed by atoms with Gasteiger partial charge in [0.05, 0.1) is 11.6 Å². The van der Waals surface area contributed by atoms with E-state index in [4.69, 9.17) is 33.0 Å². The highest BCUT2D eigenvalue weighted by Crippen LogP contribution is 2.31. The number of halogens is 2. The third kappa shape index (κ3) is 4.05. The summed E-state index contributed by atoms with van der Waals surface area (Å²) in [6, 6.07) is 4.42. The summed E-state index contributed by atoms with van der Waals surface area (Å²) in [7, 11) is 0. The lowest BCUT2D eigenvalue weighted by atomic mass is 10.2. The number of hydrogen-bond donors (Lipinski definition) is 1. The fourth-order valence-corrected chi connectivity index (χ4v) is 2.81. The Labute approximate surface area is 138 Å². The van der Waals surface area contributed by atoms with Crippen molar-refractivity contribution in [1.82, 2.24) is 4.90 Å². The Hall–Kier alpha value is -1.46. The van der Waals surface area contributed by atoms with E-state index in [2.05, 4.69) is 0 Å². The number of carbonyl (C=O) groups excluding carboxylic acids is 1. The fourth-order valence-electron chi connectivity index (χ4n) is 2.47. The van der Waals surface area contributed by atoms with Crippen molar-refractivity contribution in [2.24, 2.45) is 0 Å². The molecule has 0 aromatic heterocycles. The van der Waals surface area contributed by atoms with Crippen molar-refractivity contribution in [3.05, 3.63) is 28.2 Å². The summed E-state index contributed by atoms with van der Waals surface area (Å²) >= 11 is 11.9. The highest BCUT2D eigenvalue weighted by molar-refractivity contribution is 6.42. The van der Waals surface area contributed by atoms with Crippen LogP contribution in [0.15, 0.2) is 18.2 Å². The van der Waals surface area contributed by atoms with Gasteiger partial charge in [-0.2, -0.15) is 0 Å². The van der Waals surface area contributed by atoms with Crippen LogP contribution in [0.1, 0.15) is 25.7 Å². The van der Waals surface area contributed by atoms with Gasteiger partial charge in [0.15, 0.2) is 0 Å². The Kier molecular flexibility index (Phi) is 5.91. The normalized spacial score (nSPS) is 17.5. The molecule has 0 bridgehead atoms. The van der Waals surface area contributed by atoms with Crippen molar-refractivity contribution in [3.8, 4) is 5.75 Å². The number of benzene rings is 1. The zero-order valence-electron chi connectivity index (χ0n) is 11.9.